The molecular weight excluding hydrogens is 278 g/mol. The van der Waals surface area contributed by atoms with Crippen LogP contribution in [0, 0.1) is 13.8 Å². The fourth-order valence-corrected chi connectivity index (χ4v) is 3.61. The normalized spacial score (nSPS) is 11.9. The molecule has 6 nitrogen and oxygen atoms in total. The topological polar surface area (TPSA) is 84.7 Å². The maximum absolute atomic E-state index is 12.6. The van der Waals surface area contributed by atoms with Crippen LogP contribution in [0.3, 0.4) is 0 Å². The minimum Gasteiger partial charge on any atom is -0.380 e. The predicted molar refractivity (Wildman–Crippen MR) is 80.0 cm³/mol. The van der Waals surface area contributed by atoms with Crippen molar-refractivity contribution < 1.29 is 13.2 Å². The van der Waals surface area contributed by atoms with Gasteiger partial charge in [-0.3, -0.25) is 5.84 Å². The third-order valence-corrected chi connectivity index (χ3v) is 5.21. The predicted octanol–water partition coefficient (Wildman–Crippen LogP) is 1.25. The van der Waals surface area contributed by atoms with Gasteiger partial charge in [-0.1, -0.05) is 0 Å². The van der Waals surface area contributed by atoms with Crippen molar-refractivity contribution in [1.29, 1.82) is 0 Å². The van der Waals surface area contributed by atoms with E-state index in [1.54, 1.807) is 33.0 Å². The molecule has 0 heterocycles. The van der Waals surface area contributed by atoms with Gasteiger partial charge in [0.25, 0.3) is 0 Å². The zero-order valence-electron chi connectivity index (χ0n) is 12.4. The van der Waals surface area contributed by atoms with Crippen LogP contribution in [0.5, 0.6) is 0 Å². The summed E-state index contributed by atoms with van der Waals surface area (Å²) in [5.74, 6) is 5.36. The smallest absolute Gasteiger partial charge is 0.243 e. The van der Waals surface area contributed by atoms with Gasteiger partial charge in [-0.25, -0.2) is 8.42 Å². The molecule has 0 saturated heterocycles. The van der Waals surface area contributed by atoms with Crippen LogP contribution in [0.2, 0.25) is 0 Å². The van der Waals surface area contributed by atoms with Gasteiger partial charge < -0.3 is 10.2 Å². The summed E-state index contributed by atoms with van der Waals surface area (Å²) in [6.45, 7) is 6.68. The van der Waals surface area contributed by atoms with Gasteiger partial charge >= 0.3 is 0 Å². The number of hydrazine groups is 1. The van der Waals surface area contributed by atoms with Gasteiger partial charge in [0.15, 0.2) is 0 Å². The molecule has 0 bridgehead atoms. The Morgan fingerprint density at radius 1 is 1.30 bits per heavy atom. The lowest BCUT2D eigenvalue weighted by Crippen LogP contribution is -2.31. The van der Waals surface area contributed by atoms with E-state index in [0.717, 1.165) is 0 Å². The van der Waals surface area contributed by atoms with Crippen LogP contribution in [0.15, 0.2) is 17.0 Å². The Bertz CT molecular complexity index is 535. The second-order valence-corrected chi connectivity index (χ2v) is 6.59. The highest BCUT2D eigenvalue weighted by atomic mass is 32.2. The third kappa shape index (κ3) is 3.69. The molecule has 1 rings (SSSR count). The zero-order chi connectivity index (χ0) is 15.3. The van der Waals surface area contributed by atoms with Crippen LogP contribution < -0.4 is 11.3 Å². The van der Waals surface area contributed by atoms with E-state index in [0.29, 0.717) is 41.5 Å². The standard InChI is InChI=1S/C13H23N3O3S/c1-5-19-7-6-16(4)20(17,18)13-10(2)8-12(15-14)9-11(13)3/h8-9,15H,5-7,14H2,1-4H3. The average Bonchev–Trinajstić information content (AvgIpc) is 2.37. The molecule has 1 aromatic carbocycles. The van der Waals surface area contributed by atoms with E-state index in [-0.39, 0.29) is 0 Å². The van der Waals surface area contributed by atoms with E-state index in [1.165, 1.54) is 4.31 Å². The SMILES string of the molecule is CCOCCN(C)S(=O)(=O)c1c(C)cc(NN)cc1C. The first-order chi connectivity index (χ1) is 9.34. The summed E-state index contributed by atoms with van der Waals surface area (Å²) in [4.78, 5) is 0.329. The van der Waals surface area contributed by atoms with Crippen LogP contribution in [0.4, 0.5) is 5.69 Å². The third-order valence-electron chi connectivity index (χ3n) is 3.05. The number of nitrogens with two attached hydrogens (primary N) is 1. The van der Waals surface area contributed by atoms with Crippen LogP contribution in [0.25, 0.3) is 0 Å². The Morgan fingerprint density at radius 3 is 2.30 bits per heavy atom. The lowest BCUT2D eigenvalue weighted by atomic mass is 10.1. The highest BCUT2D eigenvalue weighted by molar-refractivity contribution is 7.89. The molecule has 0 amide bonds. The largest absolute Gasteiger partial charge is 0.380 e. The number of aryl methyl sites for hydroxylation is 2. The maximum atomic E-state index is 12.6. The Balaban J connectivity index is 3.09. The summed E-state index contributed by atoms with van der Waals surface area (Å²) in [6, 6.07) is 3.44. The summed E-state index contributed by atoms with van der Waals surface area (Å²) in [7, 11) is -1.96. The molecule has 1 aromatic rings. The first-order valence-corrected chi connectivity index (χ1v) is 7.90. The molecule has 7 heteroatoms. The van der Waals surface area contributed by atoms with E-state index in [2.05, 4.69) is 5.43 Å². The minimum atomic E-state index is -3.52. The van der Waals surface area contributed by atoms with Gasteiger partial charge in [0.2, 0.25) is 10.0 Å². The van der Waals surface area contributed by atoms with E-state index in [9.17, 15) is 8.42 Å². The summed E-state index contributed by atoms with van der Waals surface area (Å²) >= 11 is 0. The number of rotatable bonds is 7. The quantitative estimate of drug-likeness (QED) is 0.450. The van der Waals surface area contributed by atoms with Crippen molar-refractivity contribution in [2.24, 2.45) is 5.84 Å². The van der Waals surface area contributed by atoms with Gasteiger partial charge in [-0.05, 0) is 44.0 Å². The number of hydrogen-bond acceptors (Lipinski definition) is 5. The monoisotopic (exact) mass is 301 g/mol. The molecule has 0 aliphatic heterocycles. The lowest BCUT2D eigenvalue weighted by molar-refractivity contribution is 0.138. The molecule has 20 heavy (non-hydrogen) atoms. The van der Waals surface area contributed by atoms with E-state index >= 15 is 0 Å². The van der Waals surface area contributed by atoms with Crippen molar-refractivity contribution in [3.8, 4) is 0 Å². The molecule has 3 N–H and O–H groups in total. The fraction of sp³-hybridized carbons (Fsp3) is 0.538. The number of benzene rings is 1. The van der Waals surface area contributed by atoms with E-state index < -0.39 is 10.0 Å². The molecule has 0 saturated carbocycles. The van der Waals surface area contributed by atoms with Gasteiger partial charge in [0.1, 0.15) is 0 Å². The summed E-state index contributed by atoms with van der Waals surface area (Å²) in [6.07, 6.45) is 0. The summed E-state index contributed by atoms with van der Waals surface area (Å²) in [5, 5.41) is 0. The number of sulfonamides is 1. The fourth-order valence-electron chi connectivity index (χ4n) is 2.05. The summed E-state index contributed by atoms with van der Waals surface area (Å²) in [5.41, 5.74) is 4.56. The number of likely N-dealkylation sites (N-methyl/N-ethyl adjacent to an activating group) is 1. The van der Waals surface area contributed by atoms with Crippen LogP contribution in [0.1, 0.15) is 18.1 Å². The Morgan fingerprint density at radius 2 is 1.85 bits per heavy atom. The second kappa shape index (κ2) is 7.03. The Hall–Kier alpha value is -1.15. The van der Waals surface area contributed by atoms with Gasteiger partial charge in [-0.15, -0.1) is 0 Å². The molecule has 0 unspecified atom stereocenters. The van der Waals surface area contributed by atoms with Crippen molar-refractivity contribution in [3.63, 3.8) is 0 Å². The van der Waals surface area contributed by atoms with Crippen molar-refractivity contribution >= 4 is 15.7 Å². The number of nitrogens with zero attached hydrogens (tertiary/aromatic N) is 1. The molecular formula is C13H23N3O3S. The van der Waals surface area contributed by atoms with Gasteiger partial charge in [0, 0.05) is 25.9 Å². The molecule has 0 aliphatic carbocycles. The zero-order valence-corrected chi connectivity index (χ0v) is 13.3. The molecule has 0 fully saturated rings. The second-order valence-electron chi connectivity index (χ2n) is 4.61. The van der Waals surface area contributed by atoms with Gasteiger partial charge in [-0.2, -0.15) is 4.31 Å². The van der Waals surface area contributed by atoms with Crippen LogP contribution in [-0.4, -0.2) is 39.5 Å². The number of anilines is 1. The first-order valence-electron chi connectivity index (χ1n) is 6.46. The first kappa shape index (κ1) is 16.9. The van der Waals surface area contributed by atoms with E-state index in [4.69, 9.17) is 10.6 Å². The molecule has 0 spiro atoms. The molecule has 0 radical (unpaired) electrons. The van der Waals surface area contributed by atoms with Crippen molar-refractivity contribution in [2.45, 2.75) is 25.7 Å². The van der Waals surface area contributed by atoms with Crippen molar-refractivity contribution in [3.05, 3.63) is 23.3 Å². The van der Waals surface area contributed by atoms with Crippen molar-refractivity contribution in [2.75, 3.05) is 32.2 Å². The van der Waals surface area contributed by atoms with Crippen molar-refractivity contribution in [1.82, 2.24) is 4.31 Å². The minimum absolute atomic E-state index is 0.325. The number of hydrogen-bond donors (Lipinski definition) is 2. The molecule has 114 valence electrons. The number of ether oxygens (including phenoxy) is 1. The van der Waals surface area contributed by atoms with E-state index in [1.807, 2.05) is 6.92 Å². The Labute approximate surface area is 120 Å². The highest BCUT2D eigenvalue weighted by Gasteiger charge is 2.24. The summed E-state index contributed by atoms with van der Waals surface area (Å²) < 4.78 is 31.7. The van der Waals surface area contributed by atoms with Crippen LogP contribution >= 0.6 is 0 Å². The average molecular weight is 301 g/mol. The number of nitrogen functional groups attached to an aromatic ring is 1. The highest BCUT2D eigenvalue weighted by Crippen LogP contribution is 2.26. The molecule has 0 aliphatic rings. The molecule has 0 aromatic heterocycles. The Kier molecular flexibility index (Phi) is 5.94. The van der Waals surface area contributed by atoms with Gasteiger partial charge in [0.05, 0.1) is 11.5 Å². The maximum Gasteiger partial charge on any atom is 0.243 e. The number of nitrogens with one attached hydrogen (secondary N) is 1. The molecule has 0 atom stereocenters. The lowest BCUT2D eigenvalue weighted by Gasteiger charge is -2.20. The van der Waals surface area contributed by atoms with Crippen LogP contribution in [-0.2, 0) is 14.8 Å².